The maximum Gasteiger partial charge on any atom is 0.0548 e. The molecule has 0 saturated heterocycles. The van der Waals surface area contributed by atoms with Crippen molar-refractivity contribution in [2.45, 2.75) is 59.6 Å². The Labute approximate surface area is 89.4 Å². The average molecular weight is 201 g/mol. The minimum absolute atomic E-state index is 0.355. The van der Waals surface area contributed by atoms with Gasteiger partial charge in [0, 0.05) is 19.7 Å². The molecule has 2 heteroatoms. The summed E-state index contributed by atoms with van der Waals surface area (Å²) in [4.78, 5) is 0. The molecule has 0 fully saturated rings. The van der Waals surface area contributed by atoms with Gasteiger partial charge in [0.1, 0.15) is 0 Å². The molecule has 0 aromatic rings. The average Bonchev–Trinajstić information content (AvgIpc) is 2.14. The Morgan fingerprint density at radius 3 is 2.21 bits per heavy atom. The van der Waals surface area contributed by atoms with Crippen molar-refractivity contribution < 1.29 is 4.74 Å². The van der Waals surface area contributed by atoms with Crippen LogP contribution in [0.15, 0.2) is 0 Å². The van der Waals surface area contributed by atoms with Crippen LogP contribution in [0.4, 0.5) is 0 Å². The van der Waals surface area contributed by atoms with E-state index < -0.39 is 0 Å². The zero-order chi connectivity index (χ0) is 11.2. The highest BCUT2D eigenvalue weighted by Gasteiger charge is 2.24. The zero-order valence-corrected chi connectivity index (χ0v) is 10.7. The molecule has 0 aliphatic rings. The van der Waals surface area contributed by atoms with Crippen LogP contribution in [0.3, 0.4) is 0 Å². The maximum absolute atomic E-state index is 5.33. The van der Waals surface area contributed by atoms with Crippen molar-refractivity contribution in [3.05, 3.63) is 0 Å². The molecule has 0 saturated carbocycles. The summed E-state index contributed by atoms with van der Waals surface area (Å²) in [6.07, 6.45) is 2.68. The Balaban J connectivity index is 4.03. The highest BCUT2D eigenvalue weighted by atomic mass is 16.5. The summed E-state index contributed by atoms with van der Waals surface area (Å²) in [5, 5.41) is 3.51. The van der Waals surface area contributed by atoms with Crippen molar-refractivity contribution in [2.75, 3.05) is 13.7 Å². The third kappa shape index (κ3) is 5.61. The molecule has 0 rings (SSSR count). The number of hydrogen-bond acceptors (Lipinski definition) is 2. The molecule has 2 nitrogen and oxygen atoms in total. The van der Waals surface area contributed by atoms with Gasteiger partial charge >= 0.3 is 0 Å². The summed E-state index contributed by atoms with van der Waals surface area (Å²) in [5.41, 5.74) is 0.361. The molecule has 0 aliphatic carbocycles. The molecule has 0 heterocycles. The molecule has 2 atom stereocenters. The molecule has 86 valence electrons. The van der Waals surface area contributed by atoms with Gasteiger partial charge in [0.2, 0.25) is 0 Å². The first-order valence-corrected chi connectivity index (χ1v) is 5.69. The number of rotatable bonds is 7. The van der Waals surface area contributed by atoms with E-state index in [1.807, 2.05) is 0 Å². The second-order valence-corrected chi connectivity index (χ2v) is 4.95. The molecular weight excluding hydrogens is 174 g/mol. The molecule has 2 unspecified atom stereocenters. The highest BCUT2D eigenvalue weighted by molar-refractivity contribution is 4.78. The standard InChI is InChI=1S/C12H27NO/c1-7-12(5,8-11(4)14-6)9-13-10(2)3/h10-11,13H,7-9H2,1-6H3. The number of hydrogen-bond donors (Lipinski definition) is 1. The molecule has 0 radical (unpaired) electrons. The SMILES string of the molecule is CCC(C)(CNC(C)C)CC(C)OC. The Morgan fingerprint density at radius 1 is 1.29 bits per heavy atom. The van der Waals surface area contributed by atoms with Crippen LogP contribution in [0.25, 0.3) is 0 Å². The molecule has 14 heavy (non-hydrogen) atoms. The number of ether oxygens (including phenoxy) is 1. The van der Waals surface area contributed by atoms with Crippen LogP contribution in [0.2, 0.25) is 0 Å². The van der Waals surface area contributed by atoms with E-state index in [9.17, 15) is 0 Å². The predicted molar refractivity (Wildman–Crippen MR) is 62.6 cm³/mol. The van der Waals surface area contributed by atoms with Crippen LogP contribution < -0.4 is 5.32 Å². The van der Waals surface area contributed by atoms with Crippen molar-refractivity contribution in [1.29, 1.82) is 0 Å². The van der Waals surface area contributed by atoms with E-state index in [4.69, 9.17) is 4.74 Å². The second-order valence-electron chi connectivity index (χ2n) is 4.95. The Hall–Kier alpha value is -0.0800. The topological polar surface area (TPSA) is 21.3 Å². The van der Waals surface area contributed by atoms with E-state index in [-0.39, 0.29) is 0 Å². The fourth-order valence-electron chi connectivity index (χ4n) is 1.57. The van der Waals surface area contributed by atoms with Crippen LogP contribution in [0.5, 0.6) is 0 Å². The summed E-state index contributed by atoms with van der Waals surface area (Å²) >= 11 is 0. The van der Waals surface area contributed by atoms with E-state index in [0.717, 1.165) is 13.0 Å². The van der Waals surface area contributed by atoms with Crippen molar-refractivity contribution >= 4 is 0 Å². The number of methoxy groups -OCH3 is 1. The van der Waals surface area contributed by atoms with E-state index in [2.05, 4.69) is 39.9 Å². The largest absolute Gasteiger partial charge is 0.382 e. The predicted octanol–water partition coefficient (Wildman–Crippen LogP) is 2.83. The van der Waals surface area contributed by atoms with Gasteiger partial charge in [-0.3, -0.25) is 0 Å². The molecule has 0 bridgehead atoms. The Morgan fingerprint density at radius 2 is 1.86 bits per heavy atom. The summed E-state index contributed by atoms with van der Waals surface area (Å²) in [5.74, 6) is 0. The van der Waals surface area contributed by atoms with Gasteiger partial charge in [0.15, 0.2) is 0 Å². The first-order valence-electron chi connectivity index (χ1n) is 5.69. The van der Waals surface area contributed by atoms with Crippen LogP contribution in [0.1, 0.15) is 47.5 Å². The van der Waals surface area contributed by atoms with E-state index >= 15 is 0 Å². The third-order valence-electron chi connectivity index (χ3n) is 2.97. The molecular formula is C12H27NO. The van der Waals surface area contributed by atoms with Crippen molar-refractivity contribution in [3.63, 3.8) is 0 Å². The first-order chi connectivity index (χ1) is 6.43. The fourth-order valence-corrected chi connectivity index (χ4v) is 1.57. The lowest BCUT2D eigenvalue weighted by atomic mass is 9.82. The fraction of sp³-hybridized carbons (Fsp3) is 1.00. The number of nitrogens with one attached hydrogen (secondary N) is 1. The molecule has 0 aromatic carbocycles. The van der Waals surface area contributed by atoms with Crippen LogP contribution in [0, 0.1) is 5.41 Å². The second kappa shape index (κ2) is 6.41. The van der Waals surface area contributed by atoms with Crippen molar-refractivity contribution in [1.82, 2.24) is 5.32 Å². The van der Waals surface area contributed by atoms with Crippen molar-refractivity contribution in [3.8, 4) is 0 Å². The normalized spacial score (nSPS) is 18.2. The molecule has 0 spiro atoms. The van der Waals surface area contributed by atoms with Crippen LogP contribution >= 0.6 is 0 Å². The van der Waals surface area contributed by atoms with Gasteiger partial charge in [-0.2, -0.15) is 0 Å². The lowest BCUT2D eigenvalue weighted by molar-refractivity contribution is 0.0671. The van der Waals surface area contributed by atoms with E-state index in [0.29, 0.717) is 17.6 Å². The summed E-state index contributed by atoms with van der Waals surface area (Å²) < 4.78 is 5.33. The summed E-state index contributed by atoms with van der Waals surface area (Å²) in [6, 6.07) is 0.568. The molecule has 0 aromatic heterocycles. The Bertz CT molecular complexity index is 147. The van der Waals surface area contributed by atoms with Gasteiger partial charge in [-0.05, 0) is 25.2 Å². The monoisotopic (exact) mass is 201 g/mol. The Kier molecular flexibility index (Phi) is 6.38. The lowest BCUT2D eigenvalue weighted by Gasteiger charge is -2.32. The van der Waals surface area contributed by atoms with Gasteiger partial charge in [0.25, 0.3) is 0 Å². The summed E-state index contributed by atoms with van der Waals surface area (Å²) in [7, 11) is 1.79. The van der Waals surface area contributed by atoms with Gasteiger partial charge in [0.05, 0.1) is 6.10 Å². The minimum atomic E-state index is 0.355. The zero-order valence-electron chi connectivity index (χ0n) is 10.7. The maximum atomic E-state index is 5.33. The third-order valence-corrected chi connectivity index (χ3v) is 2.97. The summed E-state index contributed by atoms with van der Waals surface area (Å²) in [6.45, 7) is 12.2. The first kappa shape index (κ1) is 13.9. The van der Waals surface area contributed by atoms with E-state index in [1.165, 1.54) is 6.42 Å². The van der Waals surface area contributed by atoms with Crippen LogP contribution in [-0.2, 0) is 4.74 Å². The molecule has 1 N–H and O–H groups in total. The van der Waals surface area contributed by atoms with Crippen molar-refractivity contribution in [2.24, 2.45) is 5.41 Å². The smallest absolute Gasteiger partial charge is 0.0548 e. The van der Waals surface area contributed by atoms with E-state index in [1.54, 1.807) is 7.11 Å². The molecule has 0 aliphatic heterocycles. The van der Waals surface area contributed by atoms with Crippen LogP contribution in [-0.4, -0.2) is 25.8 Å². The highest BCUT2D eigenvalue weighted by Crippen LogP contribution is 2.27. The molecule has 0 amide bonds. The lowest BCUT2D eigenvalue weighted by Crippen LogP contribution is -2.37. The van der Waals surface area contributed by atoms with Gasteiger partial charge in [-0.15, -0.1) is 0 Å². The minimum Gasteiger partial charge on any atom is -0.382 e. The van der Waals surface area contributed by atoms with Gasteiger partial charge < -0.3 is 10.1 Å². The quantitative estimate of drug-likeness (QED) is 0.684. The van der Waals surface area contributed by atoms with Gasteiger partial charge in [-0.1, -0.05) is 27.7 Å². The van der Waals surface area contributed by atoms with Gasteiger partial charge in [-0.25, -0.2) is 0 Å².